The summed E-state index contributed by atoms with van der Waals surface area (Å²) >= 11 is 0. The van der Waals surface area contributed by atoms with Gasteiger partial charge in [-0.2, -0.15) is 0 Å². The van der Waals surface area contributed by atoms with Crippen LogP contribution in [0.4, 0.5) is 34.1 Å². The monoisotopic (exact) mass is 1240 g/mol. The summed E-state index contributed by atoms with van der Waals surface area (Å²) in [7, 11) is 0. The summed E-state index contributed by atoms with van der Waals surface area (Å²) in [4.78, 5) is 4.76. The number of aromatic nitrogens is 1. The first-order valence-corrected chi connectivity index (χ1v) is 33.3. The number of rotatable bonds is 9. The Morgan fingerprint density at radius 3 is 1.30 bits per heavy atom. The number of nitrogens with zero attached hydrogens (tertiary/aromatic N) is 3. The second kappa shape index (κ2) is 20.8. The van der Waals surface area contributed by atoms with Crippen molar-refractivity contribution >= 4 is 149 Å². The Hall–Kier alpha value is -11.9. The fourth-order valence-corrected chi connectivity index (χ4v) is 15.3. The minimum Gasteiger partial charge on any atom is -0.455 e. The van der Waals surface area contributed by atoms with Gasteiger partial charge in [-0.25, -0.2) is 0 Å². The Labute approximate surface area is 555 Å². The van der Waals surface area contributed by atoms with Gasteiger partial charge in [-0.15, -0.1) is 0 Å². The van der Waals surface area contributed by atoms with E-state index in [-0.39, 0.29) is 10.8 Å². The molecule has 0 bridgehead atoms. The van der Waals surface area contributed by atoms with Gasteiger partial charge in [-0.05, 0) is 158 Å². The molecule has 0 radical (unpaired) electrons. The third-order valence-corrected chi connectivity index (χ3v) is 20.2. The number of fused-ring (bicyclic) bond motifs is 17. The number of para-hydroxylation sites is 2. The van der Waals surface area contributed by atoms with Gasteiger partial charge < -0.3 is 27.5 Å². The van der Waals surface area contributed by atoms with E-state index in [1.807, 2.05) is 0 Å². The zero-order valence-electron chi connectivity index (χ0n) is 54.2. The van der Waals surface area contributed by atoms with Crippen molar-refractivity contribution in [2.75, 3.05) is 9.80 Å². The van der Waals surface area contributed by atoms with E-state index >= 15 is 0 Å². The lowest BCUT2D eigenvalue weighted by atomic mass is 9.87. The van der Waals surface area contributed by atoms with Crippen LogP contribution in [0.1, 0.15) is 52.7 Å². The molecule has 5 heterocycles. The molecule has 19 rings (SSSR count). The molecule has 0 atom stereocenters. The summed E-state index contributed by atoms with van der Waals surface area (Å²) in [5, 5.41) is 13.3. The van der Waals surface area contributed by atoms with Crippen molar-refractivity contribution in [2.45, 2.75) is 52.4 Å². The molecule has 5 aromatic heterocycles. The van der Waals surface area contributed by atoms with E-state index in [0.29, 0.717) is 0 Å². The molecule has 0 fully saturated rings. The second-order valence-corrected chi connectivity index (χ2v) is 28.0. The molecule has 0 aliphatic heterocycles. The van der Waals surface area contributed by atoms with Crippen LogP contribution in [0.25, 0.3) is 148 Å². The molecule has 19 aromatic rings. The van der Waals surface area contributed by atoms with Crippen LogP contribution < -0.4 is 9.80 Å². The number of benzene rings is 14. The van der Waals surface area contributed by atoms with Crippen LogP contribution in [-0.4, -0.2) is 4.40 Å². The van der Waals surface area contributed by atoms with Gasteiger partial charge in [0.05, 0.1) is 39.3 Å². The maximum atomic E-state index is 7.32. The normalized spacial score (nSPS) is 12.5. The lowest BCUT2D eigenvalue weighted by Crippen LogP contribution is -2.10. The molecule has 6 nitrogen and oxygen atoms in total. The van der Waals surface area contributed by atoms with Gasteiger partial charge in [0.2, 0.25) is 0 Å². The smallest absolute Gasteiger partial charge is 0.159 e. The molecular formula is C90H65N3O3. The summed E-state index contributed by atoms with van der Waals surface area (Å²) in [5.41, 5.74) is 23.8. The van der Waals surface area contributed by atoms with E-state index in [4.69, 9.17) is 13.3 Å². The molecule has 6 heteroatoms. The van der Waals surface area contributed by atoms with E-state index in [9.17, 15) is 0 Å². The van der Waals surface area contributed by atoms with Gasteiger partial charge in [-0.3, -0.25) is 0 Å². The van der Waals surface area contributed by atoms with E-state index in [0.717, 1.165) is 160 Å². The van der Waals surface area contributed by atoms with Crippen LogP contribution in [0.3, 0.4) is 0 Å². The predicted octanol–water partition coefficient (Wildman–Crippen LogP) is 26.2. The maximum Gasteiger partial charge on any atom is 0.159 e. The molecule has 0 spiro atoms. The fourth-order valence-electron chi connectivity index (χ4n) is 15.3. The van der Waals surface area contributed by atoms with Crippen molar-refractivity contribution in [3.63, 3.8) is 0 Å². The van der Waals surface area contributed by atoms with Gasteiger partial charge in [0.1, 0.15) is 22.3 Å². The molecule has 0 saturated carbocycles. The van der Waals surface area contributed by atoms with Gasteiger partial charge in [0.15, 0.2) is 11.2 Å². The standard InChI is InChI=1S/C90H65N3O3/c1-89(2,3)61-34-42-66-70-24-16-26-78(87(70)95-81(66)50-61)91(63-36-28-57(29-37-63)54-18-10-7-11-19-54)65-40-44-68-72-41-32-60-49-74-69-45-47-77(84-75-48-59(56-22-14-9-15-23-56)33-46-76(75)93(85(69)84)80(74)53-73(60)86(72)94-83(68)52-65)92(64-38-30-58(31-39-64)55-20-12-8-13-21-55)79-27-17-25-71-67-43-35-62(90(4,5)6)51-82(67)96-88(71)79/h7-53H,1-6H3. The summed E-state index contributed by atoms with van der Waals surface area (Å²) in [6.07, 6.45) is 0. The Bertz CT molecular complexity index is 6320. The van der Waals surface area contributed by atoms with E-state index in [1.165, 1.54) is 33.0 Å². The van der Waals surface area contributed by atoms with Crippen molar-refractivity contribution in [2.24, 2.45) is 0 Å². The number of hydrogen-bond donors (Lipinski definition) is 0. The maximum absolute atomic E-state index is 7.32. The molecule has 0 amide bonds. The summed E-state index contributed by atoms with van der Waals surface area (Å²) < 4.78 is 24.0. The Balaban J connectivity index is 0.821. The average Bonchev–Trinajstić information content (AvgIpc) is 1.53. The third-order valence-electron chi connectivity index (χ3n) is 20.2. The van der Waals surface area contributed by atoms with Crippen LogP contribution in [-0.2, 0) is 10.8 Å². The highest BCUT2D eigenvalue weighted by atomic mass is 16.3. The SMILES string of the molecule is CC(C)(C)c1ccc2c(c1)oc1c(N(c3ccc(-c4ccccc4)cc3)c3ccc4c(c3)oc3c5cc6c(cc5ccc43)c3ccc(N(c4ccc(-c5ccccc5)cc4)c4cccc5c4oc4cc(C(C)(C)C)ccc45)c4c5cc(-c7ccccc7)ccc5n6c34)cccc12. The van der Waals surface area contributed by atoms with Crippen LogP contribution in [0.2, 0.25) is 0 Å². The van der Waals surface area contributed by atoms with Crippen LogP contribution >= 0.6 is 0 Å². The molecule has 458 valence electrons. The van der Waals surface area contributed by atoms with Gasteiger partial charge >= 0.3 is 0 Å². The molecule has 14 aromatic carbocycles. The zero-order valence-corrected chi connectivity index (χ0v) is 54.2. The highest BCUT2D eigenvalue weighted by Gasteiger charge is 2.29. The van der Waals surface area contributed by atoms with Crippen LogP contribution in [0.15, 0.2) is 298 Å². The fraction of sp³-hybridized carbons (Fsp3) is 0.0889. The van der Waals surface area contributed by atoms with Crippen molar-refractivity contribution in [1.29, 1.82) is 0 Å². The third kappa shape index (κ3) is 8.64. The zero-order chi connectivity index (χ0) is 64.3. The van der Waals surface area contributed by atoms with Gasteiger partial charge in [0.25, 0.3) is 0 Å². The summed E-state index contributed by atoms with van der Waals surface area (Å²) in [5.74, 6) is 0. The van der Waals surface area contributed by atoms with Gasteiger partial charge in [-0.1, -0.05) is 224 Å². The summed E-state index contributed by atoms with van der Waals surface area (Å²) in [6, 6.07) is 104. The first-order valence-electron chi connectivity index (χ1n) is 33.3. The Morgan fingerprint density at radius 2 is 0.729 bits per heavy atom. The molecule has 0 aliphatic rings. The van der Waals surface area contributed by atoms with Gasteiger partial charge in [0, 0.05) is 76.7 Å². The number of anilines is 6. The number of furan rings is 3. The Morgan fingerprint density at radius 1 is 0.271 bits per heavy atom. The molecule has 0 aliphatic carbocycles. The molecular weight excluding hydrogens is 1170 g/mol. The first-order chi connectivity index (χ1) is 46.8. The Kier molecular flexibility index (Phi) is 12.1. The van der Waals surface area contributed by atoms with Crippen LogP contribution in [0.5, 0.6) is 0 Å². The van der Waals surface area contributed by atoms with Crippen molar-refractivity contribution in [3.05, 3.63) is 296 Å². The van der Waals surface area contributed by atoms with E-state index in [2.05, 4.69) is 341 Å². The first kappa shape index (κ1) is 55.7. The highest BCUT2D eigenvalue weighted by molar-refractivity contribution is 6.30. The van der Waals surface area contributed by atoms with E-state index < -0.39 is 0 Å². The lowest BCUT2D eigenvalue weighted by molar-refractivity contribution is 0.587. The molecule has 96 heavy (non-hydrogen) atoms. The lowest BCUT2D eigenvalue weighted by Gasteiger charge is -2.27. The summed E-state index contributed by atoms with van der Waals surface area (Å²) in [6.45, 7) is 13.5. The second-order valence-electron chi connectivity index (χ2n) is 28.0. The largest absolute Gasteiger partial charge is 0.455 e. The predicted molar refractivity (Wildman–Crippen MR) is 404 cm³/mol. The quantitative estimate of drug-likeness (QED) is 0.144. The van der Waals surface area contributed by atoms with Crippen molar-refractivity contribution in [3.8, 4) is 33.4 Å². The molecule has 0 unspecified atom stereocenters. The minimum absolute atomic E-state index is 0.0341. The van der Waals surface area contributed by atoms with Crippen LogP contribution in [0, 0.1) is 0 Å². The van der Waals surface area contributed by atoms with Crippen molar-refractivity contribution in [1.82, 2.24) is 4.40 Å². The molecule has 0 N–H and O–H groups in total. The topological polar surface area (TPSA) is 50.3 Å². The number of hydrogen-bond acceptors (Lipinski definition) is 5. The average molecular weight is 1240 g/mol. The van der Waals surface area contributed by atoms with E-state index in [1.54, 1.807) is 0 Å². The minimum atomic E-state index is -0.0487. The molecule has 0 saturated heterocycles. The highest BCUT2D eigenvalue weighted by Crippen LogP contribution is 2.52. The van der Waals surface area contributed by atoms with Crippen molar-refractivity contribution < 1.29 is 13.3 Å².